The van der Waals surface area contributed by atoms with Gasteiger partial charge in [-0.1, -0.05) is 0 Å². The number of alkyl carbamates (subject to hydrolysis) is 2. The van der Waals surface area contributed by atoms with Crippen molar-refractivity contribution in [1.29, 1.82) is 0 Å². The summed E-state index contributed by atoms with van der Waals surface area (Å²) in [7, 11) is 1.18. The standard InChI is InChI=1S/C42H75N5O17/c1-39(2,3)62-35(50)44-25-16-15-23(21-47(38(54)64-41(7,8)9)17-19-57-27-14-12-13-18-56-27)59-33(25)61-31-26(45-36(51)63-40(4,5)6)20-24(43)30(28(31)48)60-34-29(49)32(46(11)37(52)53)42(10,55)22-58-34/h23-34,48-49,55H,12-22,43H2,1-11H3,(H,44,50)(H,45,51)(H,52,53)/t23-,24+,25+,26-,27?,28+,29+,30-,31+,32+,33+,34+,42-/m0/s1. The van der Waals surface area contributed by atoms with Crippen molar-refractivity contribution in [2.75, 3.05) is 40.0 Å². The highest BCUT2D eigenvalue weighted by atomic mass is 16.7. The van der Waals surface area contributed by atoms with E-state index in [1.807, 2.05) is 0 Å². The third-order valence-electron chi connectivity index (χ3n) is 10.8. The van der Waals surface area contributed by atoms with Gasteiger partial charge in [0.05, 0.1) is 44.0 Å². The molecule has 0 aromatic heterocycles. The summed E-state index contributed by atoms with van der Waals surface area (Å²) in [6, 6.07) is -4.42. The maximum absolute atomic E-state index is 13.6. The summed E-state index contributed by atoms with van der Waals surface area (Å²) in [6.45, 7) is 17.1. The van der Waals surface area contributed by atoms with Crippen molar-refractivity contribution >= 4 is 24.4 Å². The number of aliphatic hydroxyl groups excluding tert-OH is 2. The summed E-state index contributed by atoms with van der Waals surface area (Å²) in [5, 5.41) is 49.8. The van der Waals surface area contributed by atoms with E-state index in [1.54, 1.807) is 62.3 Å². The molecule has 0 radical (unpaired) electrons. The predicted octanol–water partition coefficient (Wildman–Crippen LogP) is 2.37. The van der Waals surface area contributed by atoms with E-state index in [4.69, 9.17) is 48.4 Å². The molecule has 4 amide bonds. The summed E-state index contributed by atoms with van der Waals surface area (Å²) >= 11 is 0. The van der Waals surface area contributed by atoms with Crippen LogP contribution in [-0.2, 0) is 42.6 Å². The molecule has 4 fully saturated rings. The number of carboxylic acid groups (broad SMARTS) is 1. The topological polar surface area (TPSA) is 289 Å². The molecule has 370 valence electrons. The minimum atomic E-state index is -1.82. The van der Waals surface area contributed by atoms with Crippen molar-refractivity contribution in [3.63, 3.8) is 0 Å². The molecule has 0 spiro atoms. The molecule has 0 aromatic rings. The van der Waals surface area contributed by atoms with Crippen LogP contribution in [0.3, 0.4) is 0 Å². The van der Waals surface area contributed by atoms with Gasteiger partial charge in [-0.2, -0.15) is 0 Å². The van der Waals surface area contributed by atoms with Crippen LogP contribution < -0.4 is 16.4 Å². The van der Waals surface area contributed by atoms with Gasteiger partial charge in [0.1, 0.15) is 46.8 Å². The second kappa shape index (κ2) is 22.0. The molecule has 22 heteroatoms. The summed E-state index contributed by atoms with van der Waals surface area (Å²) in [5.41, 5.74) is 2.19. The van der Waals surface area contributed by atoms with E-state index in [2.05, 4.69) is 10.6 Å². The number of nitrogens with two attached hydrogens (primary N) is 1. The second-order valence-corrected chi connectivity index (χ2v) is 20.3. The minimum Gasteiger partial charge on any atom is -0.465 e. The van der Waals surface area contributed by atoms with E-state index < -0.39 is 127 Å². The van der Waals surface area contributed by atoms with Gasteiger partial charge < -0.3 is 89.2 Å². The van der Waals surface area contributed by atoms with Crippen molar-refractivity contribution in [3.8, 4) is 0 Å². The summed E-state index contributed by atoms with van der Waals surface area (Å²) in [5.74, 6) is 0. The maximum atomic E-state index is 13.6. The first-order chi connectivity index (χ1) is 29.5. The SMILES string of the molecule is CN(C(=O)O)[C@@H]1[C@@H](O)[C@@H](O[C@@H]2[C@@H](O)[C@H](O[C@H]3O[C@H](CN(CCOC4CCCCO4)C(=O)OC(C)(C)C)CC[C@H]3NC(=O)OC(C)(C)C)[C@@H](NC(=O)OC(C)(C)C)C[C@H]2N)OC[C@]1(C)O. The molecule has 0 aromatic carbocycles. The van der Waals surface area contributed by atoms with Crippen molar-refractivity contribution in [2.24, 2.45) is 5.73 Å². The Kier molecular flexibility index (Phi) is 18.3. The van der Waals surface area contributed by atoms with E-state index in [1.165, 1.54) is 18.9 Å². The fourth-order valence-electron chi connectivity index (χ4n) is 8.02. The van der Waals surface area contributed by atoms with Crippen molar-refractivity contribution < 1.29 is 82.2 Å². The number of amides is 4. The Bertz CT molecular complexity index is 1550. The van der Waals surface area contributed by atoms with Crippen LogP contribution in [0.4, 0.5) is 19.2 Å². The quantitative estimate of drug-likeness (QED) is 0.131. The Balaban J connectivity index is 1.64. The zero-order valence-electron chi connectivity index (χ0n) is 39.3. The number of nitrogens with one attached hydrogen (secondary N) is 2. The molecule has 13 atom stereocenters. The van der Waals surface area contributed by atoms with Crippen LogP contribution in [0.25, 0.3) is 0 Å². The molecule has 22 nitrogen and oxygen atoms in total. The van der Waals surface area contributed by atoms with Gasteiger partial charge in [-0.05, 0) is 108 Å². The zero-order valence-corrected chi connectivity index (χ0v) is 39.3. The number of ether oxygens (including phenoxy) is 9. The average Bonchev–Trinajstić information content (AvgIpc) is 3.14. The number of aliphatic hydroxyl groups is 3. The molecular weight excluding hydrogens is 846 g/mol. The highest BCUT2D eigenvalue weighted by Gasteiger charge is 2.54. The molecule has 0 bridgehead atoms. The van der Waals surface area contributed by atoms with Crippen LogP contribution in [0, 0.1) is 0 Å². The van der Waals surface area contributed by atoms with Gasteiger partial charge in [-0.15, -0.1) is 0 Å². The minimum absolute atomic E-state index is 0.0128. The van der Waals surface area contributed by atoms with Gasteiger partial charge in [0.25, 0.3) is 0 Å². The summed E-state index contributed by atoms with van der Waals surface area (Å²) in [4.78, 5) is 54.2. The van der Waals surface area contributed by atoms with Gasteiger partial charge in [0.15, 0.2) is 18.9 Å². The molecule has 1 unspecified atom stereocenters. The van der Waals surface area contributed by atoms with Crippen LogP contribution >= 0.6 is 0 Å². The Labute approximate surface area is 375 Å². The Morgan fingerprint density at radius 1 is 0.797 bits per heavy atom. The monoisotopic (exact) mass is 922 g/mol. The van der Waals surface area contributed by atoms with Gasteiger partial charge in [0, 0.05) is 26.2 Å². The lowest BCUT2D eigenvalue weighted by molar-refractivity contribution is -0.313. The van der Waals surface area contributed by atoms with Crippen LogP contribution in [0.2, 0.25) is 0 Å². The smallest absolute Gasteiger partial charge is 0.410 e. The molecule has 3 aliphatic heterocycles. The third-order valence-corrected chi connectivity index (χ3v) is 10.8. The molecule has 4 aliphatic rings. The largest absolute Gasteiger partial charge is 0.465 e. The third kappa shape index (κ3) is 15.9. The number of rotatable bonds is 13. The van der Waals surface area contributed by atoms with Gasteiger partial charge in [-0.25, -0.2) is 19.2 Å². The van der Waals surface area contributed by atoms with Crippen LogP contribution in [-0.4, -0.2) is 191 Å². The Morgan fingerprint density at radius 3 is 1.95 bits per heavy atom. The molecule has 8 N–H and O–H groups in total. The van der Waals surface area contributed by atoms with Crippen molar-refractivity contribution in [3.05, 3.63) is 0 Å². The van der Waals surface area contributed by atoms with E-state index >= 15 is 0 Å². The highest BCUT2D eigenvalue weighted by Crippen LogP contribution is 2.34. The number of nitrogens with zero attached hydrogens (tertiary/aromatic N) is 2. The van der Waals surface area contributed by atoms with E-state index in [0.29, 0.717) is 13.0 Å². The fourth-order valence-corrected chi connectivity index (χ4v) is 8.02. The Hall–Kier alpha value is -3.32. The first kappa shape index (κ1) is 53.3. The molecule has 3 heterocycles. The van der Waals surface area contributed by atoms with E-state index in [-0.39, 0.29) is 32.5 Å². The second-order valence-electron chi connectivity index (χ2n) is 20.3. The van der Waals surface area contributed by atoms with E-state index in [9.17, 15) is 39.6 Å². The lowest BCUT2D eigenvalue weighted by Crippen LogP contribution is -2.70. The van der Waals surface area contributed by atoms with Crippen LogP contribution in [0.1, 0.15) is 108 Å². The molecule has 1 aliphatic carbocycles. The first-order valence-corrected chi connectivity index (χ1v) is 22.1. The molecule has 4 rings (SSSR count). The highest BCUT2D eigenvalue weighted by molar-refractivity contribution is 5.69. The number of carbonyl (C=O) groups is 4. The summed E-state index contributed by atoms with van der Waals surface area (Å²) in [6.07, 6.45) is -10.8. The molecule has 1 saturated carbocycles. The number of carbonyl (C=O) groups excluding carboxylic acids is 3. The molecular formula is C42H75N5O17. The number of hydrogen-bond donors (Lipinski definition) is 7. The molecule has 64 heavy (non-hydrogen) atoms. The van der Waals surface area contributed by atoms with Crippen LogP contribution in [0.15, 0.2) is 0 Å². The van der Waals surface area contributed by atoms with Gasteiger partial charge >= 0.3 is 24.4 Å². The van der Waals surface area contributed by atoms with Crippen molar-refractivity contribution in [2.45, 2.75) is 204 Å². The maximum Gasteiger partial charge on any atom is 0.410 e. The zero-order chi connectivity index (χ0) is 47.9. The lowest BCUT2D eigenvalue weighted by Gasteiger charge is -2.50. The predicted molar refractivity (Wildman–Crippen MR) is 226 cm³/mol. The lowest BCUT2D eigenvalue weighted by atomic mass is 9.83. The fraction of sp³-hybridized carbons (Fsp3) is 0.905. The Morgan fingerprint density at radius 2 is 1.39 bits per heavy atom. The van der Waals surface area contributed by atoms with E-state index in [0.717, 1.165) is 24.2 Å². The average molecular weight is 922 g/mol. The first-order valence-electron chi connectivity index (χ1n) is 22.1. The normalized spacial score (nSPS) is 33.9. The molecule has 3 saturated heterocycles. The summed E-state index contributed by atoms with van der Waals surface area (Å²) < 4.78 is 53.4. The van der Waals surface area contributed by atoms with Gasteiger partial charge in [0.2, 0.25) is 0 Å². The number of likely N-dealkylation sites (N-methyl/N-ethyl adjacent to an activating group) is 1. The van der Waals surface area contributed by atoms with Gasteiger partial charge in [-0.3, -0.25) is 0 Å². The van der Waals surface area contributed by atoms with Crippen LogP contribution in [0.5, 0.6) is 0 Å². The van der Waals surface area contributed by atoms with Crippen molar-refractivity contribution in [1.82, 2.24) is 20.4 Å². The number of hydrogen-bond acceptors (Lipinski definition) is 17.